The van der Waals surface area contributed by atoms with Crippen LogP contribution in [0.2, 0.25) is 0 Å². The average molecular weight is 404 g/mol. The van der Waals surface area contributed by atoms with E-state index in [1.165, 1.54) is 4.68 Å². The Balaban J connectivity index is 1.56. The second kappa shape index (κ2) is 9.08. The number of aryl methyl sites for hydroxylation is 1. The standard InChI is InChI=1S/C19H28N6O4/c1-11(2)20-19(27)29-14-6-5-12(7-14)15-9-17(23-22-15)21-18(26)16-8-13(10-28-4)24-25(16)3/h8-9,11-12,14H,5-7,10H2,1-4H3,(H,20,27)(H2,21,22,23,26)/t12-,14+/m0/s1. The Morgan fingerprint density at radius 1 is 1.34 bits per heavy atom. The topological polar surface area (TPSA) is 123 Å². The van der Waals surface area contributed by atoms with E-state index in [1.54, 1.807) is 20.2 Å². The third-order valence-electron chi connectivity index (χ3n) is 4.80. The lowest BCUT2D eigenvalue weighted by Crippen LogP contribution is -2.33. The van der Waals surface area contributed by atoms with Crippen LogP contribution in [-0.4, -0.2) is 51.2 Å². The van der Waals surface area contributed by atoms with E-state index in [9.17, 15) is 9.59 Å². The first-order valence-corrected chi connectivity index (χ1v) is 9.71. The van der Waals surface area contributed by atoms with Gasteiger partial charge in [-0.05, 0) is 39.2 Å². The number of carbonyl (C=O) groups excluding carboxylic acids is 2. The zero-order valence-electron chi connectivity index (χ0n) is 17.2. The molecular weight excluding hydrogens is 376 g/mol. The lowest BCUT2D eigenvalue weighted by Gasteiger charge is -2.14. The van der Waals surface area contributed by atoms with E-state index in [0.717, 1.165) is 25.0 Å². The fourth-order valence-electron chi connectivity index (χ4n) is 3.50. The molecule has 0 aromatic carbocycles. The highest BCUT2D eigenvalue weighted by atomic mass is 16.6. The molecule has 2 atom stereocenters. The summed E-state index contributed by atoms with van der Waals surface area (Å²) >= 11 is 0. The van der Waals surface area contributed by atoms with Gasteiger partial charge in [0.15, 0.2) is 5.82 Å². The first kappa shape index (κ1) is 20.8. The molecule has 0 spiro atoms. The number of anilines is 1. The summed E-state index contributed by atoms with van der Waals surface area (Å²) in [4.78, 5) is 24.3. The van der Waals surface area contributed by atoms with Crippen LogP contribution in [-0.2, 0) is 23.1 Å². The first-order valence-electron chi connectivity index (χ1n) is 9.71. The Kier molecular flexibility index (Phi) is 6.53. The lowest BCUT2D eigenvalue weighted by molar-refractivity contribution is 0.0979. The van der Waals surface area contributed by atoms with Crippen LogP contribution in [0.1, 0.15) is 60.9 Å². The van der Waals surface area contributed by atoms with Gasteiger partial charge in [-0.3, -0.25) is 14.6 Å². The molecule has 2 heterocycles. The minimum absolute atomic E-state index is 0.0449. The van der Waals surface area contributed by atoms with Crippen LogP contribution in [0.15, 0.2) is 12.1 Å². The molecule has 1 saturated carbocycles. The fraction of sp³-hybridized carbons (Fsp3) is 0.579. The molecular formula is C19H28N6O4. The Morgan fingerprint density at radius 3 is 2.86 bits per heavy atom. The summed E-state index contributed by atoms with van der Waals surface area (Å²) in [6, 6.07) is 3.56. The van der Waals surface area contributed by atoms with Crippen molar-refractivity contribution < 1.29 is 19.1 Å². The fourth-order valence-corrected chi connectivity index (χ4v) is 3.50. The number of aromatic amines is 1. The Morgan fingerprint density at radius 2 is 2.14 bits per heavy atom. The number of hydrogen-bond donors (Lipinski definition) is 3. The molecule has 1 aliphatic rings. The highest BCUT2D eigenvalue weighted by Crippen LogP contribution is 2.35. The smallest absolute Gasteiger partial charge is 0.407 e. The molecule has 0 unspecified atom stereocenters. The quantitative estimate of drug-likeness (QED) is 0.651. The summed E-state index contributed by atoms with van der Waals surface area (Å²) in [5, 5.41) is 16.9. The van der Waals surface area contributed by atoms with Gasteiger partial charge >= 0.3 is 6.09 Å². The molecule has 2 aromatic rings. The van der Waals surface area contributed by atoms with Gasteiger partial charge in [0.2, 0.25) is 0 Å². The summed E-state index contributed by atoms with van der Waals surface area (Å²) in [7, 11) is 3.28. The van der Waals surface area contributed by atoms with E-state index in [0.29, 0.717) is 23.8 Å². The molecule has 0 saturated heterocycles. The van der Waals surface area contributed by atoms with Crippen LogP contribution < -0.4 is 10.6 Å². The van der Waals surface area contributed by atoms with Crippen molar-refractivity contribution in [1.29, 1.82) is 0 Å². The van der Waals surface area contributed by atoms with Crippen molar-refractivity contribution in [2.45, 2.75) is 57.8 Å². The Hall–Kier alpha value is -2.88. The van der Waals surface area contributed by atoms with E-state index >= 15 is 0 Å². The van der Waals surface area contributed by atoms with E-state index in [2.05, 4.69) is 25.9 Å². The summed E-state index contributed by atoms with van der Waals surface area (Å²) in [6.45, 7) is 4.12. The highest BCUT2D eigenvalue weighted by molar-refractivity contribution is 6.02. The van der Waals surface area contributed by atoms with Gasteiger partial charge in [0, 0.05) is 37.9 Å². The largest absolute Gasteiger partial charge is 0.446 e. The SMILES string of the molecule is COCc1cc(C(=O)Nc2cc([C@H]3CC[C@@H](OC(=O)NC(C)C)C3)[nH]n2)n(C)n1. The average Bonchev–Trinajstić information content (AvgIpc) is 3.35. The minimum Gasteiger partial charge on any atom is -0.446 e. The zero-order chi connectivity index (χ0) is 21.0. The van der Waals surface area contributed by atoms with Gasteiger partial charge in [-0.25, -0.2) is 4.79 Å². The number of rotatable bonds is 7. The van der Waals surface area contributed by atoms with Crippen LogP contribution in [0.25, 0.3) is 0 Å². The number of ether oxygens (including phenoxy) is 2. The number of alkyl carbamates (subject to hydrolysis) is 1. The molecule has 29 heavy (non-hydrogen) atoms. The monoisotopic (exact) mass is 404 g/mol. The van der Waals surface area contributed by atoms with Crippen LogP contribution in [0, 0.1) is 0 Å². The van der Waals surface area contributed by atoms with Crippen molar-refractivity contribution in [2.75, 3.05) is 12.4 Å². The Labute approximate surface area is 169 Å². The van der Waals surface area contributed by atoms with E-state index in [4.69, 9.17) is 9.47 Å². The van der Waals surface area contributed by atoms with Crippen molar-refractivity contribution in [3.8, 4) is 0 Å². The molecule has 10 heteroatoms. The summed E-state index contributed by atoms with van der Waals surface area (Å²) < 4.78 is 12.0. The maximum atomic E-state index is 12.5. The van der Waals surface area contributed by atoms with Gasteiger partial charge in [0.05, 0.1) is 12.3 Å². The number of aromatic nitrogens is 4. The van der Waals surface area contributed by atoms with Gasteiger partial charge in [0.1, 0.15) is 11.8 Å². The van der Waals surface area contributed by atoms with Crippen molar-refractivity contribution in [3.63, 3.8) is 0 Å². The predicted octanol–water partition coefficient (Wildman–Crippen LogP) is 2.31. The highest BCUT2D eigenvalue weighted by Gasteiger charge is 2.30. The minimum atomic E-state index is -0.382. The molecule has 3 rings (SSSR count). The number of amides is 2. The van der Waals surface area contributed by atoms with E-state index in [-0.39, 0.29) is 30.1 Å². The van der Waals surface area contributed by atoms with Crippen molar-refractivity contribution in [2.24, 2.45) is 7.05 Å². The number of hydrogen-bond acceptors (Lipinski definition) is 6. The molecule has 2 amide bonds. The maximum Gasteiger partial charge on any atom is 0.407 e. The predicted molar refractivity (Wildman–Crippen MR) is 106 cm³/mol. The molecule has 1 aliphatic carbocycles. The molecule has 3 N–H and O–H groups in total. The van der Waals surface area contributed by atoms with Crippen LogP contribution >= 0.6 is 0 Å². The molecule has 158 valence electrons. The van der Waals surface area contributed by atoms with Gasteiger partial charge < -0.3 is 20.1 Å². The third-order valence-corrected chi connectivity index (χ3v) is 4.80. The molecule has 1 fully saturated rings. The zero-order valence-corrected chi connectivity index (χ0v) is 17.2. The molecule has 2 aromatic heterocycles. The second-order valence-electron chi connectivity index (χ2n) is 7.58. The maximum absolute atomic E-state index is 12.5. The second-order valence-corrected chi connectivity index (χ2v) is 7.58. The van der Waals surface area contributed by atoms with E-state index < -0.39 is 0 Å². The van der Waals surface area contributed by atoms with Gasteiger partial charge in [0.25, 0.3) is 5.91 Å². The van der Waals surface area contributed by atoms with Crippen molar-refractivity contribution in [3.05, 3.63) is 29.2 Å². The normalized spacial score (nSPS) is 18.8. The molecule has 10 nitrogen and oxygen atoms in total. The summed E-state index contributed by atoms with van der Waals surface area (Å²) in [5.41, 5.74) is 2.02. The lowest BCUT2D eigenvalue weighted by atomic mass is 10.0. The summed E-state index contributed by atoms with van der Waals surface area (Å²) in [5.74, 6) is 0.356. The van der Waals surface area contributed by atoms with E-state index in [1.807, 2.05) is 19.9 Å². The number of nitrogens with zero attached hydrogens (tertiary/aromatic N) is 3. The number of H-pyrrole nitrogens is 1. The van der Waals surface area contributed by atoms with Gasteiger partial charge in [-0.15, -0.1) is 0 Å². The van der Waals surface area contributed by atoms with Crippen LogP contribution in [0.4, 0.5) is 10.6 Å². The molecule has 0 bridgehead atoms. The first-order chi connectivity index (χ1) is 13.9. The third kappa shape index (κ3) is 5.35. The van der Waals surface area contributed by atoms with Gasteiger partial charge in [-0.1, -0.05) is 0 Å². The number of carbonyl (C=O) groups is 2. The van der Waals surface area contributed by atoms with Crippen LogP contribution in [0.5, 0.6) is 0 Å². The Bertz CT molecular complexity index is 859. The number of nitrogens with one attached hydrogen (secondary N) is 3. The van der Waals surface area contributed by atoms with Gasteiger partial charge in [-0.2, -0.15) is 10.2 Å². The molecule has 0 radical (unpaired) electrons. The van der Waals surface area contributed by atoms with Crippen molar-refractivity contribution in [1.82, 2.24) is 25.3 Å². The number of methoxy groups -OCH3 is 1. The summed E-state index contributed by atoms with van der Waals surface area (Å²) in [6.07, 6.45) is 1.91. The van der Waals surface area contributed by atoms with Crippen molar-refractivity contribution >= 4 is 17.8 Å². The van der Waals surface area contributed by atoms with Crippen LogP contribution in [0.3, 0.4) is 0 Å². The molecule has 0 aliphatic heterocycles.